The minimum atomic E-state index is -4.70. The number of benzene rings is 3. The standard InChI is InChI=1S/C25H17Cl2F3O4/c26-21-4-1-5-22(27)23(21)34-12-2-3-17-13-18(24(32)33)9-7-15(17)6-8-16-10-11-19(31)14-20(16)25(28,29)30/h1,4-5,7,9-11,13-14,31H,2-3,12H2,(H,32,33). The molecule has 0 radical (unpaired) electrons. The number of carbonyl (C=O) groups is 1. The van der Waals surface area contributed by atoms with Crippen LogP contribution in [0.5, 0.6) is 11.5 Å². The van der Waals surface area contributed by atoms with Gasteiger partial charge in [-0.2, -0.15) is 13.2 Å². The van der Waals surface area contributed by atoms with Gasteiger partial charge >= 0.3 is 12.1 Å². The number of carboxylic acid groups (broad SMARTS) is 1. The van der Waals surface area contributed by atoms with Crippen LogP contribution in [0.2, 0.25) is 10.0 Å². The van der Waals surface area contributed by atoms with Gasteiger partial charge in [-0.3, -0.25) is 0 Å². The number of rotatable bonds is 6. The maximum atomic E-state index is 13.3. The fourth-order valence-electron chi connectivity index (χ4n) is 3.12. The summed E-state index contributed by atoms with van der Waals surface area (Å²) >= 11 is 12.1. The highest BCUT2D eigenvalue weighted by Crippen LogP contribution is 2.34. The first-order valence-corrected chi connectivity index (χ1v) is 10.7. The highest BCUT2D eigenvalue weighted by atomic mass is 35.5. The predicted molar refractivity (Wildman–Crippen MR) is 123 cm³/mol. The lowest BCUT2D eigenvalue weighted by atomic mass is 9.99. The van der Waals surface area contributed by atoms with Crippen LogP contribution >= 0.6 is 23.2 Å². The number of aromatic carboxylic acids is 1. The highest BCUT2D eigenvalue weighted by molar-refractivity contribution is 6.37. The molecule has 0 bridgehead atoms. The minimum absolute atomic E-state index is 0.0243. The van der Waals surface area contributed by atoms with Gasteiger partial charge in [0.1, 0.15) is 5.75 Å². The van der Waals surface area contributed by atoms with Gasteiger partial charge < -0.3 is 14.9 Å². The molecule has 0 spiro atoms. The molecular formula is C25H17Cl2F3O4. The van der Waals surface area contributed by atoms with Crippen LogP contribution in [0, 0.1) is 11.8 Å². The summed E-state index contributed by atoms with van der Waals surface area (Å²) in [5.74, 6) is 3.85. The molecule has 0 atom stereocenters. The molecule has 0 aromatic heterocycles. The Morgan fingerprint density at radius 1 is 0.971 bits per heavy atom. The maximum Gasteiger partial charge on any atom is 0.417 e. The van der Waals surface area contributed by atoms with Crippen LogP contribution in [0.3, 0.4) is 0 Å². The van der Waals surface area contributed by atoms with Crippen molar-refractivity contribution >= 4 is 29.2 Å². The molecule has 0 heterocycles. The number of aryl methyl sites for hydroxylation is 1. The third-order valence-corrected chi connectivity index (χ3v) is 5.34. The molecule has 0 aliphatic carbocycles. The predicted octanol–water partition coefficient (Wildman–Crippen LogP) is 6.83. The van der Waals surface area contributed by atoms with E-state index in [1.807, 2.05) is 0 Å². The van der Waals surface area contributed by atoms with Crippen LogP contribution in [0.1, 0.15) is 39.0 Å². The molecule has 0 unspecified atom stereocenters. The van der Waals surface area contributed by atoms with Gasteiger partial charge in [0.25, 0.3) is 0 Å². The van der Waals surface area contributed by atoms with Gasteiger partial charge in [0.15, 0.2) is 5.75 Å². The lowest BCUT2D eigenvalue weighted by molar-refractivity contribution is -0.137. The first-order valence-electron chi connectivity index (χ1n) is 9.91. The summed E-state index contributed by atoms with van der Waals surface area (Å²) in [7, 11) is 0. The van der Waals surface area contributed by atoms with Gasteiger partial charge in [0, 0.05) is 11.1 Å². The highest BCUT2D eigenvalue weighted by Gasteiger charge is 2.33. The molecule has 9 heteroatoms. The number of alkyl halides is 3. The van der Waals surface area contributed by atoms with E-state index in [9.17, 15) is 28.2 Å². The van der Waals surface area contributed by atoms with Crippen molar-refractivity contribution in [3.8, 4) is 23.3 Å². The van der Waals surface area contributed by atoms with Crippen molar-refractivity contribution in [3.05, 3.63) is 92.5 Å². The van der Waals surface area contributed by atoms with Crippen molar-refractivity contribution in [1.29, 1.82) is 0 Å². The van der Waals surface area contributed by atoms with E-state index in [1.54, 1.807) is 18.2 Å². The number of carboxylic acids is 1. The van der Waals surface area contributed by atoms with E-state index in [4.69, 9.17) is 27.9 Å². The third kappa shape index (κ3) is 6.37. The van der Waals surface area contributed by atoms with Gasteiger partial charge in [-0.15, -0.1) is 0 Å². The molecule has 0 aliphatic rings. The largest absolute Gasteiger partial charge is 0.508 e. The van der Waals surface area contributed by atoms with Gasteiger partial charge in [-0.1, -0.05) is 41.1 Å². The molecule has 176 valence electrons. The lowest BCUT2D eigenvalue weighted by Gasteiger charge is -2.11. The topological polar surface area (TPSA) is 66.8 Å². The summed E-state index contributed by atoms with van der Waals surface area (Å²) in [4.78, 5) is 11.4. The van der Waals surface area contributed by atoms with Crippen LogP contribution < -0.4 is 4.74 Å². The molecule has 4 nitrogen and oxygen atoms in total. The van der Waals surface area contributed by atoms with E-state index in [-0.39, 0.29) is 17.7 Å². The number of halogens is 5. The monoisotopic (exact) mass is 508 g/mol. The van der Waals surface area contributed by atoms with E-state index in [0.29, 0.717) is 45.8 Å². The first-order chi connectivity index (χ1) is 16.1. The summed E-state index contributed by atoms with van der Waals surface area (Å²) in [6.45, 7) is 0.212. The molecule has 0 saturated heterocycles. The SMILES string of the molecule is O=C(O)c1ccc(C#Cc2ccc(O)cc2C(F)(F)F)c(CCCOc2c(Cl)cccc2Cl)c1. The fraction of sp³-hybridized carbons (Fsp3) is 0.160. The van der Waals surface area contributed by atoms with Crippen LogP contribution in [-0.4, -0.2) is 22.8 Å². The van der Waals surface area contributed by atoms with Crippen molar-refractivity contribution in [2.45, 2.75) is 19.0 Å². The Hall–Kier alpha value is -3.34. The van der Waals surface area contributed by atoms with Crippen molar-refractivity contribution < 1.29 is 32.9 Å². The van der Waals surface area contributed by atoms with Crippen molar-refractivity contribution in [1.82, 2.24) is 0 Å². The average molecular weight is 509 g/mol. The molecule has 2 N–H and O–H groups in total. The molecule has 0 aliphatic heterocycles. The zero-order valence-electron chi connectivity index (χ0n) is 17.4. The molecule has 0 fully saturated rings. The zero-order valence-corrected chi connectivity index (χ0v) is 18.9. The molecule has 3 rings (SSSR count). The number of phenolic OH excluding ortho intramolecular Hbond substituents is 1. The molecule has 3 aromatic rings. The van der Waals surface area contributed by atoms with Gasteiger partial charge in [-0.25, -0.2) is 4.79 Å². The smallest absolute Gasteiger partial charge is 0.417 e. The van der Waals surface area contributed by atoms with Gasteiger partial charge in [0.2, 0.25) is 0 Å². The van der Waals surface area contributed by atoms with Crippen molar-refractivity contribution in [2.24, 2.45) is 0 Å². The molecule has 34 heavy (non-hydrogen) atoms. The van der Waals surface area contributed by atoms with E-state index >= 15 is 0 Å². The van der Waals surface area contributed by atoms with Crippen LogP contribution in [-0.2, 0) is 12.6 Å². The van der Waals surface area contributed by atoms with Crippen LogP contribution in [0.25, 0.3) is 0 Å². The van der Waals surface area contributed by atoms with E-state index in [2.05, 4.69) is 11.8 Å². The Balaban J connectivity index is 1.84. The third-order valence-electron chi connectivity index (χ3n) is 4.75. The van der Waals surface area contributed by atoms with Crippen LogP contribution in [0.4, 0.5) is 13.2 Å². The molecule has 3 aromatic carbocycles. The number of hydrogen-bond donors (Lipinski definition) is 2. The summed E-state index contributed by atoms with van der Waals surface area (Å²) < 4.78 is 45.5. The summed E-state index contributed by atoms with van der Waals surface area (Å²) in [5, 5.41) is 19.4. The normalized spacial score (nSPS) is 11.0. The Bertz CT molecular complexity index is 1260. The minimum Gasteiger partial charge on any atom is -0.508 e. The van der Waals surface area contributed by atoms with E-state index in [0.717, 1.165) is 12.1 Å². The number of aromatic hydroxyl groups is 1. The van der Waals surface area contributed by atoms with Crippen LogP contribution in [0.15, 0.2) is 54.6 Å². The second-order valence-corrected chi connectivity index (χ2v) is 7.97. The Kier molecular flexibility index (Phi) is 7.98. The second-order valence-electron chi connectivity index (χ2n) is 7.16. The fourth-order valence-corrected chi connectivity index (χ4v) is 3.63. The first kappa shape index (κ1) is 25.3. The lowest BCUT2D eigenvalue weighted by Crippen LogP contribution is -2.07. The molecule has 0 saturated carbocycles. The number of para-hydroxylation sites is 1. The van der Waals surface area contributed by atoms with Gasteiger partial charge in [-0.05, 0) is 66.9 Å². The quantitative estimate of drug-likeness (QED) is 0.283. The summed E-state index contributed by atoms with van der Waals surface area (Å²) in [6.07, 6.45) is -3.92. The Morgan fingerprint density at radius 2 is 1.62 bits per heavy atom. The Morgan fingerprint density at radius 3 is 2.26 bits per heavy atom. The average Bonchev–Trinajstić information content (AvgIpc) is 2.77. The summed E-state index contributed by atoms with van der Waals surface area (Å²) in [5.41, 5.74) is -0.434. The van der Waals surface area contributed by atoms with Crippen molar-refractivity contribution in [2.75, 3.05) is 6.61 Å². The van der Waals surface area contributed by atoms with Crippen molar-refractivity contribution in [3.63, 3.8) is 0 Å². The second kappa shape index (κ2) is 10.7. The Labute approximate surface area is 203 Å². The van der Waals surface area contributed by atoms with Gasteiger partial charge in [0.05, 0.1) is 27.8 Å². The van der Waals surface area contributed by atoms with E-state index < -0.39 is 23.5 Å². The molecular weight excluding hydrogens is 492 g/mol. The number of ether oxygens (including phenoxy) is 1. The number of phenols is 1. The molecule has 0 amide bonds. The van der Waals surface area contributed by atoms with E-state index in [1.165, 1.54) is 18.2 Å². The number of hydrogen-bond acceptors (Lipinski definition) is 3. The zero-order chi connectivity index (χ0) is 24.9. The maximum absolute atomic E-state index is 13.3. The summed E-state index contributed by atoms with van der Waals surface area (Å²) in [6, 6.07) is 12.0.